The van der Waals surface area contributed by atoms with Crippen molar-refractivity contribution >= 4 is 11.8 Å². The van der Waals surface area contributed by atoms with Gasteiger partial charge in [-0.05, 0) is 80.0 Å². The van der Waals surface area contributed by atoms with E-state index in [0.29, 0.717) is 17.1 Å². The van der Waals surface area contributed by atoms with Gasteiger partial charge in [-0.3, -0.25) is 9.59 Å². The molecular weight excluding hydrogens is 288 g/mol. The maximum absolute atomic E-state index is 12.1. The van der Waals surface area contributed by atoms with Crippen LogP contribution in [0.3, 0.4) is 0 Å². The molecule has 4 aliphatic carbocycles. The molecule has 4 aliphatic rings. The van der Waals surface area contributed by atoms with Crippen LogP contribution in [-0.4, -0.2) is 17.9 Å². The van der Waals surface area contributed by atoms with Crippen molar-refractivity contribution in [3.05, 3.63) is 0 Å². The Labute approximate surface area is 139 Å². The van der Waals surface area contributed by atoms with E-state index in [1.165, 1.54) is 39.0 Å². The fourth-order valence-corrected chi connectivity index (χ4v) is 6.93. The first-order valence-electron chi connectivity index (χ1n) is 9.65. The molecule has 0 aromatic heterocycles. The lowest BCUT2D eigenvalue weighted by Gasteiger charge is -2.55. The van der Waals surface area contributed by atoms with Crippen LogP contribution in [0.2, 0.25) is 0 Å². The lowest BCUT2D eigenvalue weighted by molar-refractivity contribution is -0.151. The molecule has 4 fully saturated rings. The predicted molar refractivity (Wildman–Crippen MR) is 87.7 cm³/mol. The third kappa shape index (κ3) is 2.64. The van der Waals surface area contributed by atoms with Gasteiger partial charge >= 0.3 is 5.97 Å². The van der Waals surface area contributed by atoms with Gasteiger partial charge in [-0.2, -0.15) is 0 Å². The summed E-state index contributed by atoms with van der Waals surface area (Å²) >= 11 is 0. The van der Waals surface area contributed by atoms with E-state index in [-0.39, 0.29) is 12.1 Å². The van der Waals surface area contributed by atoms with Crippen LogP contribution in [0, 0.1) is 35.0 Å². The molecule has 128 valence electrons. The van der Waals surface area contributed by atoms with E-state index in [0.717, 1.165) is 49.4 Å². The summed E-state index contributed by atoms with van der Waals surface area (Å²) in [5, 5.41) is 0. The van der Waals surface area contributed by atoms with E-state index >= 15 is 0 Å². The normalized spacial score (nSPS) is 49.0. The Bertz CT molecular complexity index is 513. The molecule has 23 heavy (non-hydrogen) atoms. The van der Waals surface area contributed by atoms with Crippen LogP contribution in [0.4, 0.5) is 0 Å². The molecule has 0 aromatic carbocycles. The number of esters is 1. The summed E-state index contributed by atoms with van der Waals surface area (Å²) in [7, 11) is 0. The van der Waals surface area contributed by atoms with Gasteiger partial charge in [0.2, 0.25) is 0 Å². The highest BCUT2D eigenvalue weighted by Crippen LogP contribution is 2.61. The second kappa shape index (κ2) is 5.60. The number of carbonyl (C=O) groups is 2. The molecule has 0 bridgehead atoms. The van der Waals surface area contributed by atoms with Crippen molar-refractivity contribution in [1.82, 2.24) is 0 Å². The quantitative estimate of drug-likeness (QED) is 0.682. The standard InChI is InChI=1S/C20H30O3/c1-12(21)23-15-4-6-16-13(9-15)3-5-18-17(16)7-8-20(2)11-14(22)10-19(18)20/h13,15-19H,3-11H2,1-2H3/t13-,15-,16+,17-,18-,19+,20-/m0/s1. The minimum absolute atomic E-state index is 0.125. The molecule has 0 radical (unpaired) electrons. The van der Waals surface area contributed by atoms with Gasteiger partial charge in [0, 0.05) is 19.8 Å². The van der Waals surface area contributed by atoms with Gasteiger partial charge in [0.25, 0.3) is 0 Å². The second-order valence-corrected chi connectivity index (χ2v) is 9.09. The Morgan fingerprint density at radius 3 is 2.65 bits per heavy atom. The summed E-state index contributed by atoms with van der Waals surface area (Å²) in [6.45, 7) is 3.91. The summed E-state index contributed by atoms with van der Waals surface area (Å²) in [6, 6.07) is 0. The molecule has 4 saturated carbocycles. The van der Waals surface area contributed by atoms with Gasteiger partial charge in [-0.25, -0.2) is 0 Å². The molecule has 0 aromatic rings. The summed E-state index contributed by atoms with van der Waals surface area (Å²) in [4.78, 5) is 23.3. The maximum atomic E-state index is 12.1. The third-order valence-corrected chi connectivity index (χ3v) is 7.81. The first-order valence-corrected chi connectivity index (χ1v) is 9.65. The predicted octanol–water partition coefficient (Wildman–Crippen LogP) is 4.14. The first-order chi connectivity index (χ1) is 11.0. The average molecular weight is 318 g/mol. The molecule has 0 heterocycles. The van der Waals surface area contributed by atoms with Crippen molar-refractivity contribution in [1.29, 1.82) is 0 Å². The molecule has 3 nitrogen and oxygen atoms in total. The van der Waals surface area contributed by atoms with E-state index in [1.807, 2.05) is 0 Å². The molecule has 0 amide bonds. The second-order valence-electron chi connectivity index (χ2n) is 9.09. The molecule has 0 N–H and O–H groups in total. The summed E-state index contributed by atoms with van der Waals surface area (Å²) < 4.78 is 5.49. The van der Waals surface area contributed by atoms with Gasteiger partial charge in [-0.1, -0.05) is 6.92 Å². The Hall–Kier alpha value is -0.860. The number of Topliss-reactive ketones (excluding diaryl/α,β-unsaturated/α-hetero) is 1. The molecule has 0 spiro atoms. The largest absolute Gasteiger partial charge is 0.463 e. The maximum Gasteiger partial charge on any atom is 0.302 e. The Morgan fingerprint density at radius 1 is 1.09 bits per heavy atom. The van der Waals surface area contributed by atoms with Gasteiger partial charge in [0.1, 0.15) is 11.9 Å². The number of rotatable bonds is 1. The van der Waals surface area contributed by atoms with Gasteiger partial charge in [0.15, 0.2) is 0 Å². The molecular formula is C20H30O3. The van der Waals surface area contributed by atoms with Crippen LogP contribution < -0.4 is 0 Å². The minimum Gasteiger partial charge on any atom is -0.463 e. The highest BCUT2D eigenvalue weighted by atomic mass is 16.5. The first kappa shape index (κ1) is 15.7. The highest BCUT2D eigenvalue weighted by molar-refractivity contribution is 5.82. The van der Waals surface area contributed by atoms with Gasteiger partial charge in [0.05, 0.1) is 0 Å². The van der Waals surface area contributed by atoms with Crippen molar-refractivity contribution in [3.63, 3.8) is 0 Å². The van der Waals surface area contributed by atoms with Crippen molar-refractivity contribution < 1.29 is 14.3 Å². The highest BCUT2D eigenvalue weighted by Gasteiger charge is 2.55. The van der Waals surface area contributed by atoms with Crippen molar-refractivity contribution in [2.75, 3.05) is 0 Å². The molecule has 0 unspecified atom stereocenters. The number of fused-ring (bicyclic) bond motifs is 5. The topological polar surface area (TPSA) is 43.4 Å². The van der Waals surface area contributed by atoms with Crippen LogP contribution in [0.5, 0.6) is 0 Å². The monoisotopic (exact) mass is 318 g/mol. The van der Waals surface area contributed by atoms with Crippen LogP contribution in [0.15, 0.2) is 0 Å². The molecule has 3 heteroatoms. The van der Waals surface area contributed by atoms with Crippen molar-refractivity contribution in [2.24, 2.45) is 35.0 Å². The zero-order valence-electron chi connectivity index (χ0n) is 14.6. The summed E-state index contributed by atoms with van der Waals surface area (Å²) in [5.74, 6) is 4.22. The van der Waals surface area contributed by atoms with Gasteiger partial charge < -0.3 is 4.74 Å². The summed E-state index contributed by atoms with van der Waals surface area (Å²) in [6.07, 6.45) is 10.4. The fourth-order valence-electron chi connectivity index (χ4n) is 6.93. The SMILES string of the molecule is CC(=O)O[C@H]1CC[C@@H]2[C@@H](CC[C@H]3[C@H]2CC[C@@]2(C)CC(=O)C[C@H]32)C1. The zero-order chi connectivity index (χ0) is 16.2. The van der Waals surface area contributed by atoms with E-state index in [4.69, 9.17) is 4.74 Å². The Morgan fingerprint density at radius 2 is 1.87 bits per heavy atom. The Kier molecular flexibility index (Phi) is 3.81. The number of hydrogen-bond donors (Lipinski definition) is 0. The van der Waals surface area contributed by atoms with Crippen molar-refractivity contribution in [2.45, 2.75) is 77.7 Å². The smallest absolute Gasteiger partial charge is 0.302 e. The molecule has 0 saturated heterocycles. The number of hydrogen-bond acceptors (Lipinski definition) is 3. The number of carbonyl (C=O) groups excluding carboxylic acids is 2. The fraction of sp³-hybridized carbons (Fsp3) is 0.900. The van der Waals surface area contributed by atoms with Crippen LogP contribution >= 0.6 is 0 Å². The zero-order valence-corrected chi connectivity index (χ0v) is 14.6. The van der Waals surface area contributed by atoms with Crippen molar-refractivity contribution in [3.8, 4) is 0 Å². The van der Waals surface area contributed by atoms with Crippen LogP contribution in [-0.2, 0) is 14.3 Å². The number of ether oxygens (including phenoxy) is 1. The minimum atomic E-state index is -0.125. The lowest BCUT2D eigenvalue weighted by Crippen LogP contribution is -2.48. The van der Waals surface area contributed by atoms with E-state index in [1.54, 1.807) is 0 Å². The van der Waals surface area contributed by atoms with Gasteiger partial charge in [-0.15, -0.1) is 0 Å². The van der Waals surface area contributed by atoms with Crippen LogP contribution in [0.1, 0.15) is 71.6 Å². The third-order valence-electron chi connectivity index (χ3n) is 7.81. The molecule has 7 atom stereocenters. The molecule has 0 aliphatic heterocycles. The van der Waals surface area contributed by atoms with Crippen LogP contribution in [0.25, 0.3) is 0 Å². The summed E-state index contributed by atoms with van der Waals surface area (Å²) in [5.41, 5.74) is 0.306. The van der Waals surface area contributed by atoms with E-state index < -0.39 is 0 Å². The van der Waals surface area contributed by atoms with E-state index in [9.17, 15) is 9.59 Å². The number of ketones is 1. The average Bonchev–Trinajstić information content (AvgIpc) is 2.80. The van der Waals surface area contributed by atoms with E-state index in [2.05, 4.69) is 6.92 Å². The Balaban J connectivity index is 1.48. The molecule has 4 rings (SSSR count). The lowest BCUT2D eigenvalue weighted by atomic mass is 9.50.